The van der Waals surface area contributed by atoms with E-state index in [1.54, 1.807) is 0 Å². The quantitative estimate of drug-likeness (QED) is 0.853. The highest BCUT2D eigenvalue weighted by Gasteiger charge is 2.15. The van der Waals surface area contributed by atoms with Crippen LogP contribution in [0.15, 0.2) is 24.3 Å². The molecule has 0 saturated heterocycles. The van der Waals surface area contributed by atoms with Gasteiger partial charge in [0.05, 0.1) is 5.56 Å². The smallest absolute Gasteiger partial charge is 0.134 e. The Morgan fingerprint density at radius 2 is 1.88 bits per heavy atom. The molecule has 1 heterocycles. The average Bonchev–Trinajstić information content (AvgIpc) is 2.60. The highest BCUT2D eigenvalue weighted by atomic mass is 32.1. The second-order valence-electron chi connectivity index (χ2n) is 3.53. The van der Waals surface area contributed by atoms with Crippen molar-refractivity contribution in [1.29, 1.82) is 0 Å². The third kappa shape index (κ3) is 1.86. The molecule has 0 aliphatic carbocycles. The number of hydrogen-bond acceptors (Lipinski definition) is 2. The topological polar surface area (TPSA) is 26.0 Å². The molecule has 84 valence electrons. The predicted molar refractivity (Wildman–Crippen MR) is 62.3 cm³/mol. The summed E-state index contributed by atoms with van der Waals surface area (Å²) in [6, 6.07) is 5.76. The highest BCUT2D eigenvalue weighted by Crippen LogP contribution is 2.35. The SMILES string of the molecule is Cc1cc(CN)sc1-c1c(F)cccc1F. The summed E-state index contributed by atoms with van der Waals surface area (Å²) in [7, 11) is 0. The van der Waals surface area contributed by atoms with Crippen molar-refractivity contribution < 1.29 is 8.78 Å². The molecule has 0 saturated carbocycles. The summed E-state index contributed by atoms with van der Waals surface area (Å²) in [6.07, 6.45) is 0. The Morgan fingerprint density at radius 1 is 1.25 bits per heavy atom. The number of halogens is 2. The van der Waals surface area contributed by atoms with Crippen molar-refractivity contribution in [1.82, 2.24) is 0 Å². The third-order valence-corrected chi connectivity index (χ3v) is 3.64. The van der Waals surface area contributed by atoms with Crippen LogP contribution in [-0.2, 0) is 6.54 Å². The normalized spacial score (nSPS) is 10.8. The van der Waals surface area contributed by atoms with Gasteiger partial charge in [-0.3, -0.25) is 0 Å². The first-order valence-corrected chi connectivity index (χ1v) is 5.69. The molecule has 2 N–H and O–H groups in total. The van der Waals surface area contributed by atoms with Crippen LogP contribution in [0.4, 0.5) is 8.78 Å². The fourth-order valence-corrected chi connectivity index (χ4v) is 2.71. The molecule has 0 aliphatic rings. The predicted octanol–water partition coefficient (Wildman–Crippen LogP) is 3.46. The monoisotopic (exact) mass is 239 g/mol. The van der Waals surface area contributed by atoms with Gasteiger partial charge < -0.3 is 5.73 Å². The molecule has 1 nitrogen and oxygen atoms in total. The zero-order chi connectivity index (χ0) is 11.7. The van der Waals surface area contributed by atoms with Crippen molar-refractivity contribution in [2.24, 2.45) is 5.73 Å². The van der Waals surface area contributed by atoms with Crippen molar-refractivity contribution in [3.05, 3.63) is 46.3 Å². The van der Waals surface area contributed by atoms with Gasteiger partial charge >= 0.3 is 0 Å². The van der Waals surface area contributed by atoms with Gasteiger partial charge in [-0.15, -0.1) is 11.3 Å². The van der Waals surface area contributed by atoms with Gasteiger partial charge in [-0.2, -0.15) is 0 Å². The molecule has 0 radical (unpaired) electrons. The largest absolute Gasteiger partial charge is 0.326 e. The van der Waals surface area contributed by atoms with Crippen molar-refractivity contribution in [2.45, 2.75) is 13.5 Å². The molecule has 1 aromatic heterocycles. The van der Waals surface area contributed by atoms with Crippen LogP contribution in [0.3, 0.4) is 0 Å². The number of hydrogen-bond donors (Lipinski definition) is 1. The molecule has 0 fully saturated rings. The molecule has 2 rings (SSSR count). The Morgan fingerprint density at radius 3 is 2.38 bits per heavy atom. The molecule has 0 aliphatic heterocycles. The van der Waals surface area contributed by atoms with Gasteiger partial charge in [-0.1, -0.05) is 6.07 Å². The van der Waals surface area contributed by atoms with E-state index in [2.05, 4.69) is 0 Å². The number of benzene rings is 1. The van der Waals surface area contributed by atoms with Gasteiger partial charge in [-0.05, 0) is 30.7 Å². The molecular weight excluding hydrogens is 228 g/mol. The standard InChI is InChI=1S/C12H11F2NS/c1-7-5-8(6-15)16-12(7)11-9(13)3-2-4-10(11)14/h2-5H,6,15H2,1H3. The van der Waals surface area contributed by atoms with Crippen molar-refractivity contribution >= 4 is 11.3 Å². The van der Waals surface area contributed by atoms with Gasteiger partial charge in [0, 0.05) is 16.3 Å². The first-order chi connectivity index (χ1) is 7.63. The molecule has 0 spiro atoms. The third-order valence-electron chi connectivity index (χ3n) is 2.36. The molecule has 0 bridgehead atoms. The maximum absolute atomic E-state index is 13.6. The first kappa shape index (κ1) is 11.2. The molecule has 4 heteroatoms. The van der Waals surface area contributed by atoms with Crippen LogP contribution >= 0.6 is 11.3 Å². The van der Waals surface area contributed by atoms with Crippen LogP contribution in [0.1, 0.15) is 10.4 Å². The van der Waals surface area contributed by atoms with Crippen LogP contribution < -0.4 is 5.73 Å². The van der Waals surface area contributed by atoms with Crippen molar-refractivity contribution in [3.8, 4) is 10.4 Å². The number of nitrogens with two attached hydrogens (primary N) is 1. The van der Waals surface area contributed by atoms with E-state index < -0.39 is 11.6 Å². The maximum atomic E-state index is 13.6. The highest BCUT2D eigenvalue weighted by molar-refractivity contribution is 7.15. The Balaban J connectivity index is 2.62. The van der Waals surface area contributed by atoms with E-state index in [-0.39, 0.29) is 5.56 Å². The summed E-state index contributed by atoms with van der Waals surface area (Å²) >= 11 is 1.34. The lowest BCUT2D eigenvalue weighted by atomic mass is 10.1. The van der Waals surface area contributed by atoms with Gasteiger partial charge in [0.15, 0.2) is 0 Å². The van der Waals surface area contributed by atoms with Crippen LogP contribution in [0.5, 0.6) is 0 Å². The van der Waals surface area contributed by atoms with Gasteiger partial charge in [0.1, 0.15) is 11.6 Å². The van der Waals surface area contributed by atoms with E-state index in [4.69, 9.17) is 5.73 Å². The van der Waals surface area contributed by atoms with E-state index in [1.165, 1.54) is 29.5 Å². The Labute approximate surface area is 96.5 Å². The number of aryl methyl sites for hydroxylation is 1. The molecule has 0 amide bonds. The lowest BCUT2D eigenvalue weighted by Gasteiger charge is -2.03. The summed E-state index contributed by atoms with van der Waals surface area (Å²) in [5.41, 5.74) is 6.41. The van der Waals surface area contributed by atoms with E-state index in [0.717, 1.165) is 10.4 Å². The fraction of sp³-hybridized carbons (Fsp3) is 0.167. The summed E-state index contributed by atoms with van der Waals surface area (Å²) in [5.74, 6) is -1.07. The van der Waals surface area contributed by atoms with Gasteiger partial charge in [-0.25, -0.2) is 8.78 Å². The van der Waals surface area contributed by atoms with Crippen LogP contribution in [0.25, 0.3) is 10.4 Å². The molecule has 0 unspecified atom stereocenters. The zero-order valence-corrected chi connectivity index (χ0v) is 9.57. The van der Waals surface area contributed by atoms with Crippen molar-refractivity contribution in [3.63, 3.8) is 0 Å². The minimum atomic E-state index is -0.534. The van der Waals surface area contributed by atoms with Gasteiger partial charge in [0.2, 0.25) is 0 Å². The van der Waals surface area contributed by atoms with E-state index in [9.17, 15) is 8.78 Å². The molecule has 2 aromatic rings. The van der Waals surface area contributed by atoms with Crippen LogP contribution in [0.2, 0.25) is 0 Å². The van der Waals surface area contributed by atoms with Crippen LogP contribution in [0, 0.1) is 18.6 Å². The van der Waals surface area contributed by atoms with Gasteiger partial charge in [0.25, 0.3) is 0 Å². The maximum Gasteiger partial charge on any atom is 0.134 e. The van der Waals surface area contributed by atoms with E-state index >= 15 is 0 Å². The average molecular weight is 239 g/mol. The fourth-order valence-electron chi connectivity index (χ4n) is 1.61. The van der Waals surface area contributed by atoms with Crippen LogP contribution in [-0.4, -0.2) is 0 Å². The lowest BCUT2D eigenvalue weighted by Crippen LogP contribution is -1.91. The first-order valence-electron chi connectivity index (χ1n) is 4.87. The Kier molecular flexibility index (Phi) is 3.03. The summed E-state index contributed by atoms with van der Waals surface area (Å²) < 4.78 is 27.1. The second kappa shape index (κ2) is 4.31. The molecule has 0 atom stereocenters. The summed E-state index contributed by atoms with van der Waals surface area (Å²) in [5, 5.41) is 0. The van der Waals surface area contributed by atoms with E-state index in [0.29, 0.717) is 11.4 Å². The Bertz CT molecular complexity index is 499. The summed E-state index contributed by atoms with van der Waals surface area (Å²) in [4.78, 5) is 1.55. The Hall–Kier alpha value is -1.26. The second-order valence-corrected chi connectivity index (χ2v) is 4.66. The number of thiophene rings is 1. The summed E-state index contributed by atoms with van der Waals surface area (Å²) in [6.45, 7) is 2.22. The van der Waals surface area contributed by atoms with Crippen molar-refractivity contribution in [2.75, 3.05) is 0 Å². The van der Waals surface area contributed by atoms with E-state index in [1.807, 2.05) is 13.0 Å². The molecule has 16 heavy (non-hydrogen) atoms. The molecular formula is C12H11F2NS. The minimum Gasteiger partial charge on any atom is -0.326 e. The zero-order valence-electron chi connectivity index (χ0n) is 8.76. The number of rotatable bonds is 2. The lowest BCUT2D eigenvalue weighted by molar-refractivity contribution is 0.590. The molecule has 1 aromatic carbocycles. The minimum absolute atomic E-state index is 0.0460.